The minimum Gasteiger partial charge on any atom is -0.496 e. The van der Waals surface area contributed by atoms with Crippen LogP contribution in [0.3, 0.4) is 0 Å². The molecule has 7 nitrogen and oxygen atoms in total. The third-order valence-corrected chi connectivity index (χ3v) is 4.00. The number of rotatable bonds is 5. The molecule has 0 radical (unpaired) electrons. The second-order valence-electron chi connectivity index (χ2n) is 5.16. The van der Waals surface area contributed by atoms with Crippen LogP contribution in [0.2, 0.25) is 0 Å². The van der Waals surface area contributed by atoms with E-state index < -0.39 is 5.63 Å². The van der Waals surface area contributed by atoms with Crippen molar-refractivity contribution in [3.63, 3.8) is 0 Å². The monoisotopic (exact) mass is 346 g/mol. The van der Waals surface area contributed by atoms with Crippen molar-refractivity contribution in [2.75, 3.05) is 35.5 Å². The van der Waals surface area contributed by atoms with Gasteiger partial charge in [-0.1, -0.05) is 0 Å². The molecule has 0 amide bonds. The van der Waals surface area contributed by atoms with E-state index >= 15 is 0 Å². The van der Waals surface area contributed by atoms with Crippen LogP contribution in [-0.2, 0) is 0 Å². The van der Waals surface area contributed by atoms with Crippen LogP contribution in [0.25, 0.3) is 21.7 Å². The molecule has 0 spiro atoms. The molecule has 0 saturated carbocycles. The maximum absolute atomic E-state index is 12.5. The van der Waals surface area contributed by atoms with Crippen LogP contribution >= 0.6 is 0 Å². The molecule has 3 rings (SSSR count). The third-order valence-electron chi connectivity index (χ3n) is 4.00. The summed E-state index contributed by atoms with van der Waals surface area (Å²) in [5, 5.41) is 1.40. The number of fused-ring (bicyclic) bond motifs is 3. The molecule has 0 fully saturated rings. The van der Waals surface area contributed by atoms with Gasteiger partial charge in [0.1, 0.15) is 17.1 Å². The van der Waals surface area contributed by atoms with E-state index in [1.165, 1.54) is 35.5 Å². The molecule has 0 aliphatic carbocycles. The van der Waals surface area contributed by atoms with Crippen LogP contribution in [-0.4, -0.2) is 35.5 Å². The smallest absolute Gasteiger partial charge is 0.344 e. The second kappa shape index (κ2) is 6.43. The van der Waals surface area contributed by atoms with E-state index in [-0.39, 0.29) is 0 Å². The molecule has 0 aliphatic heterocycles. The summed E-state index contributed by atoms with van der Waals surface area (Å²) >= 11 is 0. The molecule has 3 aromatic rings. The molecule has 1 aromatic heterocycles. The SMILES string of the molecule is COc1cc(OC)c2c(c1)oc(=O)c1cc(OC)c(OC)c(OC)c12. The average Bonchev–Trinajstić information content (AvgIpc) is 2.65. The van der Waals surface area contributed by atoms with Crippen molar-refractivity contribution in [1.29, 1.82) is 0 Å². The van der Waals surface area contributed by atoms with Gasteiger partial charge in [0.25, 0.3) is 0 Å². The van der Waals surface area contributed by atoms with Gasteiger partial charge in [-0.05, 0) is 6.07 Å². The molecule has 25 heavy (non-hydrogen) atoms. The normalized spacial score (nSPS) is 10.8. The molecule has 2 aromatic carbocycles. The fraction of sp³-hybridized carbons (Fsp3) is 0.278. The Labute approximate surface area is 143 Å². The van der Waals surface area contributed by atoms with Crippen molar-refractivity contribution in [3.05, 3.63) is 28.6 Å². The van der Waals surface area contributed by atoms with Gasteiger partial charge in [0.05, 0.1) is 46.3 Å². The number of ether oxygens (including phenoxy) is 5. The maximum Gasteiger partial charge on any atom is 0.344 e. The summed E-state index contributed by atoms with van der Waals surface area (Å²) in [6.07, 6.45) is 0. The van der Waals surface area contributed by atoms with Gasteiger partial charge < -0.3 is 28.1 Å². The zero-order valence-corrected chi connectivity index (χ0v) is 14.6. The Bertz CT molecular complexity index is 1000. The van der Waals surface area contributed by atoms with Gasteiger partial charge in [-0.2, -0.15) is 0 Å². The number of benzene rings is 2. The molecular weight excluding hydrogens is 328 g/mol. The molecule has 0 N–H and O–H groups in total. The van der Waals surface area contributed by atoms with E-state index in [0.717, 1.165) is 0 Å². The predicted molar refractivity (Wildman–Crippen MR) is 92.8 cm³/mol. The number of hydrogen-bond acceptors (Lipinski definition) is 7. The Morgan fingerprint density at radius 1 is 0.720 bits per heavy atom. The fourth-order valence-corrected chi connectivity index (χ4v) is 2.89. The Hall–Kier alpha value is -3.09. The number of hydrogen-bond donors (Lipinski definition) is 0. The van der Waals surface area contributed by atoms with Gasteiger partial charge in [0.2, 0.25) is 5.75 Å². The van der Waals surface area contributed by atoms with Gasteiger partial charge in [-0.3, -0.25) is 0 Å². The number of methoxy groups -OCH3 is 5. The van der Waals surface area contributed by atoms with E-state index in [0.29, 0.717) is 50.5 Å². The van der Waals surface area contributed by atoms with E-state index in [1.54, 1.807) is 18.2 Å². The largest absolute Gasteiger partial charge is 0.496 e. The van der Waals surface area contributed by atoms with Crippen molar-refractivity contribution in [2.45, 2.75) is 0 Å². The summed E-state index contributed by atoms with van der Waals surface area (Å²) in [4.78, 5) is 12.5. The lowest BCUT2D eigenvalue weighted by Gasteiger charge is -2.16. The Morgan fingerprint density at radius 2 is 1.40 bits per heavy atom. The van der Waals surface area contributed by atoms with Gasteiger partial charge >= 0.3 is 5.63 Å². The topological polar surface area (TPSA) is 76.4 Å². The van der Waals surface area contributed by atoms with Crippen molar-refractivity contribution in [3.8, 4) is 28.7 Å². The average molecular weight is 346 g/mol. The standard InChI is InChI=1S/C18H18O7/c1-20-9-6-11(21-2)15-12(7-9)25-18(19)10-8-13(22-3)16(23-4)17(24-5)14(10)15/h6-8H,1-5H3. The Morgan fingerprint density at radius 3 is 1.96 bits per heavy atom. The van der Waals surface area contributed by atoms with E-state index in [4.69, 9.17) is 28.1 Å². The van der Waals surface area contributed by atoms with Crippen LogP contribution in [0.15, 0.2) is 27.4 Å². The molecule has 7 heteroatoms. The maximum atomic E-state index is 12.5. The third kappa shape index (κ3) is 2.48. The van der Waals surface area contributed by atoms with Crippen molar-refractivity contribution >= 4 is 21.7 Å². The minimum atomic E-state index is -0.531. The summed E-state index contributed by atoms with van der Waals surface area (Å²) < 4.78 is 32.5. The molecule has 0 bridgehead atoms. The van der Waals surface area contributed by atoms with Crippen LogP contribution in [0.1, 0.15) is 0 Å². The van der Waals surface area contributed by atoms with Gasteiger partial charge in [0.15, 0.2) is 11.5 Å². The van der Waals surface area contributed by atoms with Crippen LogP contribution in [0.4, 0.5) is 0 Å². The summed E-state index contributed by atoms with van der Waals surface area (Å²) in [6.45, 7) is 0. The molecule has 0 atom stereocenters. The van der Waals surface area contributed by atoms with Crippen molar-refractivity contribution in [1.82, 2.24) is 0 Å². The lowest BCUT2D eigenvalue weighted by molar-refractivity contribution is 0.327. The van der Waals surface area contributed by atoms with E-state index in [1.807, 2.05) is 0 Å². The van der Waals surface area contributed by atoms with E-state index in [9.17, 15) is 4.79 Å². The molecule has 132 valence electrons. The first-order chi connectivity index (χ1) is 12.1. The summed E-state index contributed by atoms with van der Waals surface area (Å²) in [6, 6.07) is 4.89. The van der Waals surface area contributed by atoms with Crippen LogP contribution in [0, 0.1) is 0 Å². The predicted octanol–water partition coefficient (Wildman–Crippen LogP) is 2.99. The fourth-order valence-electron chi connectivity index (χ4n) is 2.89. The summed E-state index contributed by atoms with van der Waals surface area (Å²) in [5.74, 6) is 2.09. The Balaban J connectivity index is 2.63. The highest BCUT2D eigenvalue weighted by atomic mass is 16.5. The van der Waals surface area contributed by atoms with Gasteiger partial charge in [-0.15, -0.1) is 0 Å². The highest BCUT2D eigenvalue weighted by molar-refractivity contribution is 6.12. The lowest BCUT2D eigenvalue weighted by Crippen LogP contribution is -2.05. The van der Waals surface area contributed by atoms with Crippen molar-refractivity contribution in [2.24, 2.45) is 0 Å². The van der Waals surface area contributed by atoms with Gasteiger partial charge in [-0.25, -0.2) is 4.79 Å². The lowest BCUT2D eigenvalue weighted by atomic mass is 10.0. The van der Waals surface area contributed by atoms with Crippen LogP contribution in [0.5, 0.6) is 28.7 Å². The molecule has 0 unspecified atom stereocenters. The molecular formula is C18H18O7. The highest BCUT2D eigenvalue weighted by Crippen LogP contribution is 2.47. The molecule has 0 saturated heterocycles. The molecule has 1 heterocycles. The first-order valence-electron chi connectivity index (χ1n) is 7.41. The minimum absolute atomic E-state index is 0.297. The first-order valence-corrected chi connectivity index (χ1v) is 7.41. The molecule has 0 aliphatic rings. The highest BCUT2D eigenvalue weighted by Gasteiger charge is 2.23. The zero-order valence-electron chi connectivity index (χ0n) is 14.6. The van der Waals surface area contributed by atoms with Gasteiger partial charge in [0, 0.05) is 17.5 Å². The van der Waals surface area contributed by atoms with E-state index in [2.05, 4.69) is 0 Å². The van der Waals surface area contributed by atoms with Crippen molar-refractivity contribution < 1.29 is 28.1 Å². The quantitative estimate of drug-likeness (QED) is 0.519. The zero-order chi connectivity index (χ0) is 18.1. The second-order valence-corrected chi connectivity index (χ2v) is 5.16. The van der Waals surface area contributed by atoms with Crippen LogP contribution < -0.4 is 29.3 Å². The first kappa shape index (κ1) is 16.8. The Kier molecular flexibility index (Phi) is 4.31. The summed E-state index contributed by atoms with van der Waals surface area (Å²) in [7, 11) is 7.52. The summed E-state index contributed by atoms with van der Waals surface area (Å²) in [5.41, 5.74) is -0.212.